The largest absolute Gasteiger partial charge is 0.493 e. The molecular weight excluding hydrogens is 530 g/mol. The summed E-state index contributed by atoms with van der Waals surface area (Å²) < 4.78 is 16.9. The number of nitrogens with zero attached hydrogens (tertiary/aromatic N) is 6. The van der Waals surface area contributed by atoms with Gasteiger partial charge in [0, 0.05) is 43.3 Å². The van der Waals surface area contributed by atoms with Crippen molar-refractivity contribution >= 4 is 5.69 Å². The van der Waals surface area contributed by atoms with Gasteiger partial charge in [-0.25, -0.2) is 0 Å². The van der Waals surface area contributed by atoms with Crippen LogP contribution in [-0.2, 0) is 26.0 Å². The Morgan fingerprint density at radius 3 is 2.38 bits per heavy atom. The molecule has 2 N–H and O–H groups in total. The van der Waals surface area contributed by atoms with E-state index in [0.29, 0.717) is 29.4 Å². The van der Waals surface area contributed by atoms with E-state index in [1.54, 1.807) is 32.7 Å². The maximum Gasteiger partial charge on any atom is 0.207 e. The van der Waals surface area contributed by atoms with Crippen LogP contribution in [0.5, 0.6) is 17.2 Å². The minimum atomic E-state index is 0.424. The van der Waals surface area contributed by atoms with Crippen molar-refractivity contribution in [3.8, 4) is 34.3 Å². The third kappa shape index (κ3) is 6.03. The number of aromatic nitrogens is 5. The molecule has 1 aliphatic heterocycles. The fourth-order valence-corrected chi connectivity index (χ4v) is 5.11. The monoisotopic (exact) mass is 563 g/mol. The zero-order valence-electron chi connectivity index (χ0n) is 23.7. The van der Waals surface area contributed by atoms with Gasteiger partial charge < -0.3 is 19.9 Å². The third-order valence-corrected chi connectivity index (χ3v) is 7.52. The summed E-state index contributed by atoms with van der Waals surface area (Å²) in [6.07, 6.45) is 5.43. The Kier molecular flexibility index (Phi) is 7.96. The van der Waals surface area contributed by atoms with E-state index in [0.717, 1.165) is 55.2 Å². The molecule has 42 heavy (non-hydrogen) atoms. The SMILES string of the molecule is COc1cc2c(cc1OC)CN(CCc1ccc(-n3nnc(-c4cc(OCc5ccncc5)ccc4N)n3)cc1)CC2. The number of ether oxygens (including phenoxy) is 3. The molecule has 0 amide bonds. The normalized spacial score (nSPS) is 13.0. The molecule has 0 aliphatic carbocycles. The molecule has 0 saturated carbocycles. The number of benzene rings is 3. The van der Waals surface area contributed by atoms with Crippen LogP contribution >= 0.6 is 0 Å². The molecule has 3 aromatic carbocycles. The van der Waals surface area contributed by atoms with E-state index in [9.17, 15) is 0 Å². The molecule has 0 fully saturated rings. The van der Waals surface area contributed by atoms with E-state index >= 15 is 0 Å². The Balaban J connectivity index is 1.08. The average molecular weight is 564 g/mol. The van der Waals surface area contributed by atoms with Gasteiger partial charge in [0.05, 0.1) is 19.9 Å². The van der Waals surface area contributed by atoms with Crippen molar-refractivity contribution in [2.45, 2.75) is 26.0 Å². The van der Waals surface area contributed by atoms with E-state index < -0.39 is 0 Å². The van der Waals surface area contributed by atoms with Gasteiger partial charge in [0.2, 0.25) is 5.82 Å². The van der Waals surface area contributed by atoms with Gasteiger partial charge in [0.1, 0.15) is 12.4 Å². The van der Waals surface area contributed by atoms with Gasteiger partial charge in [-0.1, -0.05) is 12.1 Å². The maximum absolute atomic E-state index is 6.25. The first-order valence-electron chi connectivity index (χ1n) is 13.9. The first-order valence-corrected chi connectivity index (χ1v) is 13.9. The number of rotatable bonds is 10. The van der Waals surface area contributed by atoms with E-state index in [-0.39, 0.29) is 0 Å². The molecule has 6 rings (SSSR count). The quantitative estimate of drug-likeness (QED) is 0.245. The van der Waals surface area contributed by atoms with Crippen LogP contribution in [0.4, 0.5) is 5.69 Å². The molecule has 10 nitrogen and oxygen atoms in total. The van der Waals surface area contributed by atoms with Crippen LogP contribution in [0.3, 0.4) is 0 Å². The summed E-state index contributed by atoms with van der Waals surface area (Å²) in [6.45, 7) is 3.31. The summed E-state index contributed by atoms with van der Waals surface area (Å²) in [4.78, 5) is 8.03. The van der Waals surface area contributed by atoms with Crippen LogP contribution in [0.25, 0.3) is 17.1 Å². The summed E-state index contributed by atoms with van der Waals surface area (Å²) in [5, 5.41) is 13.1. The molecule has 3 heterocycles. The van der Waals surface area contributed by atoms with Gasteiger partial charge in [0.15, 0.2) is 11.5 Å². The van der Waals surface area contributed by atoms with Crippen LogP contribution in [-0.4, -0.2) is 57.4 Å². The van der Waals surface area contributed by atoms with Crippen molar-refractivity contribution in [1.82, 2.24) is 30.1 Å². The summed E-state index contributed by atoms with van der Waals surface area (Å²) in [6, 6.07) is 21.8. The van der Waals surface area contributed by atoms with Gasteiger partial charge in [-0.05, 0) is 94.9 Å². The molecule has 0 radical (unpaired) electrons. The fraction of sp³-hybridized carbons (Fsp3) is 0.250. The topological polar surface area (TPSA) is 113 Å². The van der Waals surface area contributed by atoms with Gasteiger partial charge in [-0.3, -0.25) is 9.88 Å². The molecule has 5 aromatic rings. The molecule has 0 atom stereocenters. The predicted molar refractivity (Wildman–Crippen MR) is 160 cm³/mol. The average Bonchev–Trinajstić information content (AvgIpc) is 3.53. The first-order chi connectivity index (χ1) is 20.6. The number of anilines is 1. The van der Waals surface area contributed by atoms with Gasteiger partial charge >= 0.3 is 0 Å². The van der Waals surface area contributed by atoms with Gasteiger partial charge in [0.25, 0.3) is 0 Å². The second kappa shape index (κ2) is 12.3. The summed E-state index contributed by atoms with van der Waals surface area (Å²) in [5.41, 5.74) is 13.2. The number of nitrogen functional groups attached to an aromatic ring is 1. The third-order valence-electron chi connectivity index (χ3n) is 7.52. The standard InChI is InChI=1S/C32H33N7O3/c1-40-30-17-24-12-16-38(20-25(24)18-31(30)41-2)15-11-22-3-5-26(6-4-22)39-36-32(35-37-39)28-19-27(7-8-29(28)33)42-21-23-9-13-34-14-10-23/h3-10,13-14,17-19H,11-12,15-16,20-21,33H2,1-2H3. The lowest BCUT2D eigenvalue weighted by Gasteiger charge is -2.29. The molecule has 0 bridgehead atoms. The number of methoxy groups -OCH3 is 2. The number of fused-ring (bicyclic) bond motifs is 1. The van der Waals surface area contributed by atoms with Gasteiger partial charge in [-0.2, -0.15) is 0 Å². The minimum Gasteiger partial charge on any atom is -0.493 e. The van der Waals surface area contributed by atoms with Crippen molar-refractivity contribution in [2.75, 3.05) is 33.0 Å². The van der Waals surface area contributed by atoms with Crippen molar-refractivity contribution < 1.29 is 14.2 Å². The predicted octanol–water partition coefficient (Wildman–Crippen LogP) is 4.50. The molecule has 214 valence electrons. The highest BCUT2D eigenvalue weighted by Gasteiger charge is 2.19. The number of nitrogens with two attached hydrogens (primary N) is 1. The number of hydrogen-bond acceptors (Lipinski definition) is 9. The van der Waals surface area contributed by atoms with E-state index in [1.807, 2.05) is 36.4 Å². The zero-order valence-corrected chi connectivity index (χ0v) is 23.7. The second-order valence-electron chi connectivity index (χ2n) is 10.2. The minimum absolute atomic E-state index is 0.424. The second-order valence-corrected chi connectivity index (χ2v) is 10.2. The highest BCUT2D eigenvalue weighted by atomic mass is 16.5. The summed E-state index contributed by atoms with van der Waals surface area (Å²) >= 11 is 0. The van der Waals surface area contributed by atoms with E-state index in [1.165, 1.54) is 21.5 Å². The highest BCUT2D eigenvalue weighted by Crippen LogP contribution is 2.33. The fourth-order valence-electron chi connectivity index (χ4n) is 5.11. The number of tetrazole rings is 1. The number of pyridine rings is 1. The van der Waals surface area contributed by atoms with Crippen molar-refractivity contribution in [2.24, 2.45) is 0 Å². The van der Waals surface area contributed by atoms with Crippen molar-refractivity contribution in [1.29, 1.82) is 0 Å². The first kappa shape index (κ1) is 27.2. The van der Waals surface area contributed by atoms with Crippen molar-refractivity contribution in [3.63, 3.8) is 0 Å². The van der Waals surface area contributed by atoms with Crippen LogP contribution < -0.4 is 19.9 Å². The Labute approximate surface area is 244 Å². The molecule has 0 unspecified atom stereocenters. The molecule has 2 aromatic heterocycles. The summed E-state index contributed by atoms with van der Waals surface area (Å²) in [7, 11) is 3.36. The van der Waals surface area contributed by atoms with Crippen LogP contribution in [0, 0.1) is 0 Å². The molecular formula is C32H33N7O3. The van der Waals surface area contributed by atoms with Crippen LogP contribution in [0.2, 0.25) is 0 Å². The van der Waals surface area contributed by atoms with E-state index in [2.05, 4.69) is 49.6 Å². The maximum atomic E-state index is 6.25. The lowest BCUT2D eigenvalue weighted by atomic mass is 9.98. The van der Waals surface area contributed by atoms with Crippen LogP contribution in [0.15, 0.2) is 79.1 Å². The van der Waals surface area contributed by atoms with E-state index in [4.69, 9.17) is 19.9 Å². The van der Waals surface area contributed by atoms with Crippen LogP contribution in [0.1, 0.15) is 22.3 Å². The Morgan fingerprint density at radius 1 is 0.857 bits per heavy atom. The Bertz CT molecular complexity index is 1660. The lowest BCUT2D eigenvalue weighted by molar-refractivity contribution is 0.255. The van der Waals surface area contributed by atoms with Crippen molar-refractivity contribution in [3.05, 3.63) is 101 Å². The molecule has 0 saturated heterocycles. The van der Waals surface area contributed by atoms with Gasteiger partial charge in [-0.15, -0.1) is 15.0 Å². The zero-order chi connectivity index (χ0) is 28.9. The molecule has 1 aliphatic rings. The smallest absolute Gasteiger partial charge is 0.207 e. The lowest BCUT2D eigenvalue weighted by Crippen LogP contribution is -2.32. The Hall–Kier alpha value is -4.96. The Morgan fingerprint density at radius 2 is 1.62 bits per heavy atom. The summed E-state index contributed by atoms with van der Waals surface area (Å²) in [5.74, 6) is 2.68. The molecule has 10 heteroatoms. The molecule has 0 spiro atoms. The number of hydrogen-bond donors (Lipinski definition) is 1. The highest BCUT2D eigenvalue weighted by molar-refractivity contribution is 5.72.